The number of nitrogens with one attached hydrogen (secondary N) is 1. The first-order valence-electron chi connectivity index (χ1n) is 8.29. The maximum Gasteiger partial charge on any atom is 0.234 e. The minimum absolute atomic E-state index is 0.00834. The van der Waals surface area contributed by atoms with Crippen molar-refractivity contribution in [2.24, 2.45) is 5.92 Å². The summed E-state index contributed by atoms with van der Waals surface area (Å²) in [7, 11) is 0. The second kappa shape index (κ2) is 7.13. The van der Waals surface area contributed by atoms with Gasteiger partial charge in [0.1, 0.15) is 5.82 Å². The van der Waals surface area contributed by atoms with Gasteiger partial charge in [-0.3, -0.25) is 9.69 Å². The topological polar surface area (TPSA) is 50.2 Å². The Morgan fingerprint density at radius 2 is 2.04 bits per heavy atom. The average molecular weight is 330 g/mol. The minimum atomic E-state index is -0.266. The highest BCUT2D eigenvalue weighted by molar-refractivity contribution is 5.78. The molecule has 1 atom stereocenters. The molecule has 0 aliphatic carbocycles. The Morgan fingerprint density at radius 1 is 1.29 bits per heavy atom. The Bertz CT molecular complexity index is 695. The third kappa shape index (κ3) is 3.82. The molecule has 0 bridgehead atoms. The van der Waals surface area contributed by atoms with Gasteiger partial charge in [0.25, 0.3) is 0 Å². The van der Waals surface area contributed by atoms with Gasteiger partial charge in [-0.2, -0.15) is 0 Å². The summed E-state index contributed by atoms with van der Waals surface area (Å²) >= 11 is 0. The predicted molar refractivity (Wildman–Crippen MR) is 89.6 cm³/mol. The summed E-state index contributed by atoms with van der Waals surface area (Å²) in [4.78, 5) is 18.7. The van der Waals surface area contributed by atoms with Gasteiger partial charge in [-0.25, -0.2) is 9.37 Å². The number of carbonyl (C=O) groups is 1. The minimum Gasteiger partial charge on any atom is -0.348 e. The van der Waals surface area contributed by atoms with Crippen molar-refractivity contribution in [3.05, 3.63) is 53.9 Å². The van der Waals surface area contributed by atoms with Crippen molar-refractivity contribution in [1.29, 1.82) is 0 Å². The number of hydrogen-bond donors (Lipinski definition) is 1. The Balaban J connectivity index is 1.61. The van der Waals surface area contributed by atoms with Crippen molar-refractivity contribution < 1.29 is 9.18 Å². The van der Waals surface area contributed by atoms with Crippen LogP contribution < -0.4 is 5.32 Å². The monoisotopic (exact) mass is 330 g/mol. The maximum atomic E-state index is 13.1. The molecule has 0 saturated carbocycles. The standard InChI is InChI=1S/C18H23FN4O/c1-13(2)18(14-3-5-15(19)6-4-14)21-17(24)11-22-7-8-23-12-20-9-16(23)10-22/h3-6,9,12-13,18H,7-8,10-11H2,1-2H3,(H,21,24). The molecule has 0 radical (unpaired) electrons. The van der Waals surface area contributed by atoms with E-state index in [9.17, 15) is 9.18 Å². The normalized spacial score (nSPS) is 16.0. The van der Waals surface area contributed by atoms with Crippen LogP contribution in [0.15, 0.2) is 36.8 Å². The van der Waals surface area contributed by atoms with E-state index in [2.05, 4.69) is 19.8 Å². The maximum absolute atomic E-state index is 13.1. The molecule has 1 aromatic heterocycles. The van der Waals surface area contributed by atoms with Crippen molar-refractivity contribution in [2.75, 3.05) is 13.1 Å². The molecule has 0 spiro atoms. The first-order valence-corrected chi connectivity index (χ1v) is 8.29. The van der Waals surface area contributed by atoms with Gasteiger partial charge < -0.3 is 9.88 Å². The van der Waals surface area contributed by atoms with E-state index in [4.69, 9.17) is 0 Å². The smallest absolute Gasteiger partial charge is 0.234 e. The molecule has 1 N–H and O–H groups in total. The van der Waals surface area contributed by atoms with E-state index < -0.39 is 0 Å². The first kappa shape index (κ1) is 16.6. The van der Waals surface area contributed by atoms with Crippen LogP contribution in [0.5, 0.6) is 0 Å². The fraction of sp³-hybridized carbons (Fsp3) is 0.444. The molecule has 1 aliphatic heterocycles. The van der Waals surface area contributed by atoms with Crippen LogP contribution in [0.25, 0.3) is 0 Å². The second-order valence-corrected chi connectivity index (χ2v) is 6.63. The van der Waals surface area contributed by atoms with Crippen LogP contribution in [0.3, 0.4) is 0 Å². The number of aromatic nitrogens is 2. The summed E-state index contributed by atoms with van der Waals surface area (Å²) in [6, 6.07) is 6.22. The molecule has 0 saturated heterocycles. The van der Waals surface area contributed by atoms with Crippen molar-refractivity contribution in [2.45, 2.75) is 33.0 Å². The average Bonchev–Trinajstić information content (AvgIpc) is 3.01. The van der Waals surface area contributed by atoms with Crippen LogP contribution in [-0.2, 0) is 17.9 Å². The molecule has 128 valence electrons. The lowest BCUT2D eigenvalue weighted by Crippen LogP contribution is -2.42. The van der Waals surface area contributed by atoms with Gasteiger partial charge in [-0.05, 0) is 23.6 Å². The Kier molecular flexibility index (Phi) is 4.94. The third-order valence-electron chi connectivity index (χ3n) is 4.42. The summed E-state index contributed by atoms with van der Waals surface area (Å²) in [6.45, 7) is 6.88. The molecule has 1 amide bonds. The highest BCUT2D eigenvalue weighted by Gasteiger charge is 2.22. The van der Waals surface area contributed by atoms with E-state index in [1.165, 1.54) is 12.1 Å². The van der Waals surface area contributed by atoms with Gasteiger partial charge in [0.2, 0.25) is 5.91 Å². The van der Waals surface area contributed by atoms with Gasteiger partial charge in [-0.15, -0.1) is 0 Å². The summed E-state index contributed by atoms with van der Waals surface area (Å²) in [5.41, 5.74) is 2.06. The van der Waals surface area contributed by atoms with E-state index in [1.807, 2.05) is 26.4 Å². The summed E-state index contributed by atoms with van der Waals surface area (Å²) in [5, 5.41) is 3.09. The van der Waals surface area contributed by atoms with Gasteiger partial charge >= 0.3 is 0 Å². The van der Waals surface area contributed by atoms with Crippen molar-refractivity contribution in [3.63, 3.8) is 0 Å². The van der Waals surface area contributed by atoms with Crippen molar-refractivity contribution in [1.82, 2.24) is 19.8 Å². The molecule has 2 aromatic rings. The van der Waals surface area contributed by atoms with Crippen molar-refractivity contribution in [3.8, 4) is 0 Å². The lowest BCUT2D eigenvalue weighted by Gasteiger charge is -2.29. The Labute approximate surface area is 141 Å². The number of nitrogens with zero attached hydrogens (tertiary/aromatic N) is 3. The molecule has 2 heterocycles. The highest BCUT2D eigenvalue weighted by atomic mass is 19.1. The fourth-order valence-electron chi connectivity index (χ4n) is 3.10. The molecule has 1 aliphatic rings. The predicted octanol–water partition coefficient (Wildman–Crippen LogP) is 2.35. The second-order valence-electron chi connectivity index (χ2n) is 6.63. The number of hydrogen-bond acceptors (Lipinski definition) is 3. The van der Waals surface area contributed by atoms with Gasteiger partial charge in [0.05, 0.1) is 24.6 Å². The van der Waals surface area contributed by atoms with Crippen molar-refractivity contribution >= 4 is 5.91 Å². The van der Waals surface area contributed by atoms with E-state index in [1.54, 1.807) is 12.1 Å². The summed E-state index contributed by atoms with van der Waals surface area (Å²) in [6.07, 6.45) is 3.68. The number of imidazole rings is 1. The number of benzene rings is 1. The van der Waals surface area contributed by atoms with Crippen LogP contribution in [0.1, 0.15) is 31.1 Å². The Hall–Kier alpha value is -2.21. The Morgan fingerprint density at radius 3 is 2.75 bits per heavy atom. The van der Waals surface area contributed by atoms with Crippen LogP contribution >= 0.6 is 0 Å². The van der Waals surface area contributed by atoms with E-state index >= 15 is 0 Å². The number of fused-ring (bicyclic) bond motifs is 1. The van der Waals surface area contributed by atoms with Gasteiger partial charge in [0, 0.05) is 25.8 Å². The third-order valence-corrected chi connectivity index (χ3v) is 4.42. The number of carbonyl (C=O) groups excluding carboxylic acids is 1. The van der Waals surface area contributed by atoms with Crippen LogP contribution in [-0.4, -0.2) is 33.4 Å². The van der Waals surface area contributed by atoms with E-state index in [0.717, 1.165) is 30.9 Å². The summed E-state index contributed by atoms with van der Waals surface area (Å²) < 4.78 is 15.2. The quantitative estimate of drug-likeness (QED) is 0.915. The van der Waals surface area contributed by atoms with Gasteiger partial charge in [-0.1, -0.05) is 26.0 Å². The lowest BCUT2D eigenvalue weighted by molar-refractivity contribution is -0.123. The summed E-state index contributed by atoms with van der Waals surface area (Å²) in [5.74, 6) is -0.0503. The van der Waals surface area contributed by atoms with Gasteiger partial charge in [0.15, 0.2) is 0 Å². The molecule has 3 rings (SSSR count). The molecule has 0 fully saturated rings. The van der Waals surface area contributed by atoms with E-state index in [-0.39, 0.29) is 23.7 Å². The zero-order valence-corrected chi connectivity index (χ0v) is 14.1. The molecule has 24 heavy (non-hydrogen) atoms. The molecule has 1 unspecified atom stereocenters. The number of rotatable bonds is 5. The number of halogens is 1. The lowest BCUT2D eigenvalue weighted by atomic mass is 9.96. The van der Waals surface area contributed by atoms with E-state index in [0.29, 0.717) is 6.54 Å². The van der Waals surface area contributed by atoms with Crippen LogP contribution in [0.2, 0.25) is 0 Å². The molecular weight excluding hydrogens is 307 g/mol. The zero-order valence-electron chi connectivity index (χ0n) is 14.1. The molecule has 5 nitrogen and oxygen atoms in total. The highest BCUT2D eigenvalue weighted by Crippen LogP contribution is 2.22. The molecule has 6 heteroatoms. The first-order chi connectivity index (χ1) is 11.5. The molecular formula is C18H23FN4O. The van der Waals surface area contributed by atoms with Crippen LogP contribution in [0.4, 0.5) is 4.39 Å². The fourth-order valence-corrected chi connectivity index (χ4v) is 3.10. The van der Waals surface area contributed by atoms with Crippen LogP contribution in [0, 0.1) is 11.7 Å². The zero-order chi connectivity index (χ0) is 17.1. The number of amides is 1. The SMILES string of the molecule is CC(C)C(NC(=O)CN1CCn2cncc2C1)c1ccc(F)cc1. The largest absolute Gasteiger partial charge is 0.348 e. The molecule has 1 aromatic carbocycles.